The Bertz CT molecular complexity index is 348. The minimum absolute atomic E-state index is 0.169. The Labute approximate surface area is 103 Å². The molecule has 2 N–H and O–H groups in total. The van der Waals surface area contributed by atoms with Crippen molar-refractivity contribution in [3.63, 3.8) is 0 Å². The number of hydrogen-bond donors (Lipinski definition) is 1. The Balaban J connectivity index is 2.89. The zero-order chi connectivity index (χ0) is 13.0. The maximum absolute atomic E-state index is 6.14. The second-order valence-corrected chi connectivity index (χ2v) is 4.63. The largest absolute Gasteiger partial charge is 0.493 e. The fourth-order valence-electron chi connectivity index (χ4n) is 1.65. The van der Waals surface area contributed by atoms with E-state index in [1.165, 1.54) is 0 Å². The minimum Gasteiger partial charge on any atom is -0.493 e. The molecular formula is C12H23N3O2. The summed E-state index contributed by atoms with van der Waals surface area (Å²) in [5, 5.41) is 4.29. The lowest BCUT2D eigenvalue weighted by atomic mass is 10.2. The van der Waals surface area contributed by atoms with E-state index in [4.69, 9.17) is 15.2 Å². The second-order valence-electron chi connectivity index (χ2n) is 4.63. The molecule has 1 unspecified atom stereocenters. The van der Waals surface area contributed by atoms with Crippen LogP contribution in [0.3, 0.4) is 0 Å². The first-order chi connectivity index (χ1) is 7.97. The van der Waals surface area contributed by atoms with Crippen molar-refractivity contribution in [3.8, 4) is 5.75 Å². The van der Waals surface area contributed by atoms with Crippen molar-refractivity contribution in [2.24, 2.45) is 5.73 Å². The van der Waals surface area contributed by atoms with Crippen molar-refractivity contribution in [3.05, 3.63) is 11.9 Å². The summed E-state index contributed by atoms with van der Waals surface area (Å²) in [6.07, 6.45) is 1.87. The molecule has 1 aromatic heterocycles. The van der Waals surface area contributed by atoms with Crippen LogP contribution < -0.4 is 10.5 Å². The average Bonchev–Trinajstić information content (AvgIpc) is 2.69. The molecule has 1 heterocycles. The number of hydrogen-bond acceptors (Lipinski definition) is 4. The van der Waals surface area contributed by atoms with Crippen LogP contribution in [0.4, 0.5) is 0 Å². The summed E-state index contributed by atoms with van der Waals surface area (Å²) in [4.78, 5) is 0. The first-order valence-electron chi connectivity index (χ1n) is 5.96. The zero-order valence-corrected chi connectivity index (χ0v) is 11.3. The van der Waals surface area contributed by atoms with Crippen LogP contribution in [-0.4, -0.2) is 29.6 Å². The molecule has 0 aliphatic rings. The van der Waals surface area contributed by atoms with Gasteiger partial charge in [0.1, 0.15) is 0 Å². The van der Waals surface area contributed by atoms with Crippen LogP contribution in [0.1, 0.15) is 45.5 Å². The number of rotatable bonds is 6. The van der Waals surface area contributed by atoms with Gasteiger partial charge in [-0.05, 0) is 27.7 Å². The molecule has 98 valence electrons. The van der Waals surface area contributed by atoms with Gasteiger partial charge in [-0.3, -0.25) is 4.68 Å². The van der Waals surface area contributed by atoms with Crippen LogP contribution in [0.25, 0.3) is 0 Å². The molecule has 0 bridgehead atoms. The predicted molar refractivity (Wildman–Crippen MR) is 67.2 cm³/mol. The Morgan fingerprint density at radius 3 is 2.47 bits per heavy atom. The molecule has 0 saturated carbocycles. The molecule has 0 saturated heterocycles. The number of methoxy groups -OCH3 is 1. The van der Waals surface area contributed by atoms with Crippen molar-refractivity contribution in [2.75, 3.05) is 13.7 Å². The first-order valence-corrected chi connectivity index (χ1v) is 5.96. The molecule has 0 aromatic carbocycles. The molecule has 1 rings (SSSR count). The summed E-state index contributed by atoms with van der Waals surface area (Å²) < 4.78 is 12.7. The summed E-state index contributed by atoms with van der Waals surface area (Å²) in [7, 11) is 1.63. The molecule has 0 spiro atoms. The highest BCUT2D eigenvalue weighted by atomic mass is 16.5. The van der Waals surface area contributed by atoms with Crippen LogP contribution in [0.5, 0.6) is 5.75 Å². The van der Waals surface area contributed by atoms with Gasteiger partial charge >= 0.3 is 0 Å². The molecule has 0 fully saturated rings. The fourth-order valence-corrected chi connectivity index (χ4v) is 1.65. The highest BCUT2D eigenvalue weighted by Gasteiger charge is 2.20. The quantitative estimate of drug-likeness (QED) is 0.826. The standard InChI is InChI=1S/C12H23N3O2/c1-8(2)15-12(11(16-5)6-14-15)10(13)7-17-9(3)4/h6,8-10H,7,13H2,1-5H3. The van der Waals surface area contributed by atoms with Crippen molar-refractivity contribution in [1.29, 1.82) is 0 Å². The molecule has 0 aliphatic carbocycles. The maximum Gasteiger partial charge on any atom is 0.161 e. The van der Waals surface area contributed by atoms with Crippen molar-refractivity contribution >= 4 is 0 Å². The Morgan fingerprint density at radius 1 is 1.35 bits per heavy atom. The lowest BCUT2D eigenvalue weighted by Gasteiger charge is -2.19. The number of ether oxygens (including phenoxy) is 2. The third kappa shape index (κ3) is 3.44. The third-order valence-corrected chi connectivity index (χ3v) is 2.47. The van der Waals surface area contributed by atoms with Crippen molar-refractivity contribution in [2.45, 2.75) is 45.9 Å². The van der Waals surface area contributed by atoms with Gasteiger partial charge in [-0.2, -0.15) is 5.10 Å². The van der Waals surface area contributed by atoms with E-state index >= 15 is 0 Å². The van der Waals surface area contributed by atoms with E-state index in [-0.39, 0.29) is 18.2 Å². The Morgan fingerprint density at radius 2 is 2.00 bits per heavy atom. The maximum atomic E-state index is 6.14. The molecule has 0 radical (unpaired) electrons. The number of aromatic nitrogens is 2. The number of nitrogens with zero attached hydrogens (tertiary/aromatic N) is 2. The van der Waals surface area contributed by atoms with E-state index in [0.717, 1.165) is 11.4 Å². The monoisotopic (exact) mass is 241 g/mol. The van der Waals surface area contributed by atoms with Crippen LogP contribution in [0.15, 0.2) is 6.20 Å². The minimum atomic E-state index is -0.225. The molecule has 0 aliphatic heterocycles. The molecule has 0 amide bonds. The highest BCUT2D eigenvalue weighted by molar-refractivity contribution is 5.28. The van der Waals surface area contributed by atoms with Gasteiger partial charge in [0.25, 0.3) is 0 Å². The predicted octanol–water partition coefficient (Wildman–Crippen LogP) is 1.90. The summed E-state index contributed by atoms with van der Waals surface area (Å²) in [5.41, 5.74) is 7.03. The summed E-state index contributed by atoms with van der Waals surface area (Å²) >= 11 is 0. The SMILES string of the molecule is COc1cnn(C(C)C)c1C(N)COC(C)C. The van der Waals surface area contributed by atoms with Crippen LogP contribution in [0.2, 0.25) is 0 Å². The lowest BCUT2D eigenvalue weighted by molar-refractivity contribution is 0.0661. The molecular weight excluding hydrogens is 218 g/mol. The summed E-state index contributed by atoms with van der Waals surface area (Å²) in [6, 6.07) is 0.0243. The molecule has 1 atom stereocenters. The summed E-state index contributed by atoms with van der Waals surface area (Å²) in [6.45, 7) is 8.57. The third-order valence-electron chi connectivity index (χ3n) is 2.47. The molecule has 1 aromatic rings. The fraction of sp³-hybridized carbons (Fsp3) is 0.750. The molecule has 5 heteroatoms. The van der Waals surface area contributed by atoms with Crippen molar-refractivity contribution in [1.82, 2.24) is 9.78 Å². The normalized spacial score (nSPS) is 13.4. The van der Waals surface area contributed by atoms with E-state index in [0.29, 0.717) is 6.61 Å². The smallest absolute Gasteiger partial charge is 0.161 e. The van der Waals surface area contributed by atoms with Gasteiger partial charge < -0.3 is 15.2 Å². The lowest BCUT2D eigenvalue weighted by Crippen LogP contribution is -2.24. The summed E-state index contributed by atoms with van der Waals surface area (Å²) in [5.74, 6) is 0.721. The van der Waals surface area contributed by atoms with Crippen LogP contribution in [0, 0.1) is 0 Å². The van der Waals surface area contributed by atoms with Gasteiger partial charge in [-0.25, -0.2) is 0 Å². The molecule has 17 heavy (non-hydrogen) atoms. The highest BCUT2D eigenvalue weighted by Crippen LogP contribution is 2.26. The van der Waals surface area contributed by atoms with E-state index < -0.39 is 0 Å². The average molecular weight is 241 g/mol. The van der Waals surface area contributed by atoms with E-state index in [1.807, 2.05) is 18.5 Å². The van der Waals surface area contributed by atoms with Gasteiger partial charge in [0.05, 0.1) is 37.8 Å². The van der Waals surface area contributed by atoms with E-state index in [1.54, 1.807) is 13.3 Å². The van der Waals surface area contributed by atoms with E-state index in [2.05, 4.69) is 18.9 Å². The van der Waals surface area contributed by atoms with Crippen molar-refractivity contribution < 1.29 is 9.47 Å². The van der Waals surface area contributed by atoms with Gasteiger partial charge in [0.15, 0.2) is 5.75 Å². The van der Waals surface area contributed by atoms with Gasteiger partial charge in [-0.15, -0.1) is 0 Å². The first kappa shape index (κ1) is 14.0. The Hall–Kier alpha value is -1.07. The van der Waals surface area contributed by atoms with Gasteiger partial charge in [0.2, 0.25) is 0 Å². The van der Waals surface area contributed by atoms with Gasteiger partial charge in [-0.1, -0.05) is 0 Å². The van der Waals surface area contributed by atoms with Gasteiger partial charge in [0, 0.05) is 6.04 Å². The Kier molecular flexibility index (Phi) is 4.96. The second kappa shape index (κ2) is 6.02. The topological polar surface area (TPSA) is 62.3 Å². The molecule has 5 nitrogen and oxygen atoms in total. The zero-order valence-electron chi connectivity index (χ0n) is 11.3. The van der Waals surface area contributed by atoms with Crippen LogP contribution >= 0.6 is 0 Å². The van der Waals surface area contributed by atoms with E-state index in [9.17, 15) is 0 Å². The van der Waals surface area contributed by atoms with Crippen LogP contribution in [-0.2, 0) is 4.74 Å². The number of nitrogens with two attached hydrogens (primary N) is 1.